The van der Waals surface area contributed by atoms with Gasteiger partial charge in [0.15, 0.2) is 17.3 Å². The van der Waals surface area contributed by atoms with Gasteiger partial charge in [0, 0.05) is 31.2 Å². The van der Waals surface area contributed by atoms with Gasteiger partial charge in [-0.3, -0.25) is 4.79 Å². The van der Waals surface area contributed by atoms with Crippen molar-refractivity contribution < 1.29 is 23.7 Å². The Bertz CT molecular complexity index is 776. The van der Waals surface area contributed by atoms with Gasteiger partial charge in [0.25, 0.3) is 5.91 Å². The Morgan fingerprint density at radius 3 is 2.65 bits per heavy atom. The van der Waals surface area contributed by atoms with E-state index >= 15 is 0 Å². The first-order valence-electron chi connectivity index (χ1n) is 8.85. The van der Waals surface area contributed by atoms with Crippen LogP contribution in [0, 0.1) is 0 Å². The summed E-state index contributed by atoms with van der Waals surface area (Å²) >= 11 is 0. The summed E-state index contributed by atoms with van der Waals surface area (Å²) in [7, 11) is 3.24. The molecule has 0 unspecified atom stereocenters. The van der Waals surface area contributed by atoms with Crippen LogP contribution in [-0.2, 0) is 20.7 Å². The fourth-order valence-corrected chi connectivity index (χ4v) is 3.81. The van der Waals surface area contributed by atoms with Crippen molar-refractivity contribution >= 4 is 5.91 Å². The van der Waals surface area contributed by atoms with Crippen LogP contribution in [0.5, 0.6) is 11.5 Å². The van der Waals surface area contributed by atoms with Crippen LogP contribution in [0.15, 0.2) is 41.6 Å². The maximum absolute atomic E-state index is 12.5. The second-order valence-electron chi connectivity index (χ2n) is 6.68. The fourth-order valence-electron chi connectivity index (χ4n) is 3.81. The zero-order valence-electron chi connectivity index (χ0n) is 15.1. The normalized spacial score (nSPS) is 20.8. The van der Waals surface area contributed by atoms with Gasteiger partial charge >= 0.3 is 0 Å². The topological polar surface area (TPSA) is 57.2 Å². The van der Waals surface area contributed by atoms with E-state index < -0.39 is 5.79 Å². The number of nitrogens with zero attached hydrogens (tertiary/aromatic N) is 1. The molecule has 2 aliphatic heterocycles. The van der Waals surface area contributed by atoms with Crippen molar-refractivity contribution in [1.82, 2.24) is 4.90 Å². The Morgan fingerprint density at radius 1 is 1.15 bits per heavy atom. The zero-order chi connectivity index (χ0) is 18.1. The molecule has 138 valence electrons. The summed E-state index contributed by atoms with van der Waals surface area (Å²) in [6, 6.07) is 5.85. The molecule has 6 nitrogen and oxygen atoms in total. The van der Waals surface area contributed by atoms with Crippen molar-refractivity contribution in [1.29, 1.82) is 0 Å². The number of amides is 1. The summed E-state index contributed by atoms with van der Waals surface area (Å²) in [6.07, 6.45) is 5.84. The van der Waals surface area contributed by atoms with E-state index in [-0.39, 0.29) is 5.91 Å². The van der Waals surface area contributed by atoms with Crippen LogP contribution in [-0.4, -0.2) is 50.6 Å². The third kappa shape index (κ3) is 2.99. The van der Waals surface area contributed by atoms with Crippen molar-refractivity contribution in [2.75, 3.05) is 34.0 Å². The Kier molecular flexibility index (Phi) is 4.46. The number of hydrogen-bond acceptors (Lipinski definition) is 5. The predicted molar refractivity (Wildman–Crippen MR) is 95.0 cm³/mol. The molecule has 1 amide bonds. The van der Waals surface area contributed by atoms with Crippen molar-refractivity contribution in [3.63, 3.8) is 0 Å². The van der Waals surface area contributed by atoms with E-state index in [2.05, 4.69) is 6.08 Å². The molecular weight excluding hydrogens is 334 g/mol. The highest BCUT2D eigenvalue weighted by Gasteiger charge is 2.43. The molecule has 2 heterocycles. The fraction of sp³-hybridized carbons (Fsp3) is 0.450. The number of carbonyl (C=O) groups excluding carboxylic acids is 1. The van der Waals surface area contributed by atoms with Gasteiger partial charge < -0.3 is 23.8 Å². The molecular formula is C20H23NO5. The van der Waals surface area contributed by atoms with Gasteiger partial charge in [0.1, 0.15) is 0 Å². The van der Waals surface area contributed by atoms with Gasteiger partial charge in [0.2, 0.25) is 0 Å². The predicted octanol–water partition coefficient (Wildman–Crippen LogP) is 2.44. The summed E-state index contributed by atoms with van der Waals surface area (Å²) in [5, 5.41) is 0. The van der Waals surface area contributed by atoms with E-state index in [1.165, 1.54) is 0 Å². The molecule has 3 aliphatic rings. The van der Waals surface area contributed by atoms with E-state index in [9.17, 15) is 4.79 Å². The molecule has 0 atom stereocenters. The first-order valence-corrected chi connectivity index (χ1v) is 8.85. The molecule has 1 spiro atoms. The van der Waals surface area contributed by atoms with Gasteiger partial charge in [-0.25, -0.2) is 0 Å². The van der Waals surface area contributed by atoms with E-state index in [4.69, 9.17) is 18.9 Å². The lowest BCUT2D eigenvalue weighted by Crippen LogP contribution is -2.35. The molecule has 0 aromatic heterocycles. The van der Waals surface area contributed by atoms with Gasteiger partial charge in [-0.15, -0.1) is 0 Å². The van der Waals surface area contributed by atoms with Crippen molar-refractivity contribution in [3.8, 4) is 11.5 Å². The minimum atomic E-state index is -0.561. The summed E-state index contributed by atoms with van der Waals surface area (Å²) in [5.74, 6) is 0.872. The maximum Gasteiger partial charge on any atom is 0.251 e. The van der Waals surface area contributed by atoms with E-state index in [1.54, 1.807) is 20.3 Å². The van der Waals surface area contributed by atoms with Crippen LogP contribution in [0.1, 0.15) is 18.4 Å². The standard InChI is InChI=1S/C20H23NO5/c1-23-17-4-3-14(11-18(17)24-2)6-8-21-16-5-7-20(25-9-10-26-20)13-15(16)12-19(21)22/h3-5,11-12H,6-10,13H2,1-2H3. The molecule has 4 rings (SSSR count). The molecule has 1 aliphatic carbocycles. The average molecular weight is 357 g/mol. The lowest BCUT2D eigenvalue weighted by molar-refractivity contribution is -0.154. The first-order chi connectivity index (χ1) is 12.6. The van der Waals surface area contributed by atoms with Gasteiger partial charge in [-0.1, -0.05) is 12.1 Å². The van der Waals surface area contributed by atoms with Crippen LogP contribution in [0.3, 0.4) is 0 Å². The average Bonchev–Trinajstić information content (AvgIpc) is 3.23. The second kappa shape index (κ2) is 6.78. The van der Waals surface area contributed by atoms with Crippen molar-refractivity contribution in [2.24, 2.45) is 0 Å². The Labute approximate surface area is 153 Å². The number of rotatable bonds is 5. The number of benzene rings is 1. The van der Waals surface area contributed by atoms with Gasteiger partial charge in [0.05, 0.1) is 27.4 Å². The number of allylic oxidation sites excluding steroid dienone is 1. The zero-order valence-corrected chi connectivity index (χ0v) is 15.1. The van der Waals surface area contributed by atoms with Crippen LogP contribution >= 0.6 is 0 Å². The summed E-state index contributed by atoms with van der Waals surface area (Å²) in [6.45, 7) is 1.86. The summed E-state index contributed by atoms with van der Waals surface area (Å²) < 4.78 is 22.2. The molecule has 26 heavy (non-hydrogen) atoms. The lowest BCUT2D eigenvalue weighted by atomic mass is 9.93. The maximum atomic E-state index is 12.5. The highest BCUT2D eigenvalue weighted by atomic mass is 16.7. The molecule has 1 fully saturated rings. The van der Waals surface area contributed by atoms with Gasteiger partial charge in [-0.2, -0.15) is 0 Å². The number of methoxy groups -OCH3 is 2. The molecule has 0 radical (unpaired) electrons. The van der Waals surface area contributed by atoms with E-state index in [0.717, 1.165) is 23.3 Å². The summed E-state index contributed by atoms with van der Waals surface area (Å²) in [4.78, 5) is 14.3. The number of hydrogen-bond donors (Lipinski definition) is 0. The van der Waals surface area contributed by atoms with E-state index in [0.29, 0.717) is 44.1 Å². The Balaban J connectivity index is 1.46. The minimum absolute atomic E-state index is 0.0294. The quantitative estimate of drug-likeness (QED) is 0.810. The van der Waals surface area contributed by atoms with Crippen molar-refractivity contribution in [3.05, 3.63) is 47.2 Å². The molecule has 6 heteroatoms. The molecule has 1 aromatic carbocycles. The Hall–Kier alpha value is -2.31. The second-order valence-corrected chi connectivity index (χ2v) is 6.68. The first kappa shape index (κ1) is 17.1. The SMILES string of the molecule is COc1ccc(CCN2C(=O)C=C3CC4(CC=C32)OCCO4)cc1OC. The molecule has 0 bridgehead atoms. The highest BCUT2D eigenvalue weighted by molar-refractivity contribution is 5.95. The summed E-state index contributed by atoms with van der Waals surface area (Å²) in [5.41, 5.74) is 3.11. The van der Waals surface area contributed by atoms with E-state index in [1.807, 2.05) is 23.1 Å². The number of ether oxygens (including phenoxy) is 4. The van der Waals surface area contributed by atoms with Crippen LogP contribution in [0.25, 0.3) is 0 Å². The Morgan fingerprint density at radius 2 is 1.92 bits per heavy atom. The third-order valence-corrected chi connectivity index (χ3v) is 5.14. The highest BCUT2D eigenvalue weighted by Crippen LogP contribution is 2.41. The monoisotopic (exact) mass is 357 g/mol. The lowest BCUT2D eigenvalue weighted by Gasteiger charge is -2.32. The minimum Gasteiger partial charge on any atom is -0.493 e. The van der Waals surface area contributed by atoms with Crippen molar-refractivity contribution in [2.45, 2.75) is 25.0 Å². The van der Waals surface area contributed by atoms with Crippen LogP contribution in [0.2, 0.25) is 0 Å². The molecule has 0 saturated carbocycles. The van der Waals surface area contributed by atoms with Gasteiger partial charge in [-0.05, 0) is 29.7 Å². The molecule has 0 N–H and O–H groups in total. The van der Waals surface area contributed by atoms with Crippen LogP contribution in [0.4, 0.5) is 0 Å². The largest absolute Gasteiger partial charge is 0.493 e. The number of fused-ring (bicyclic) bond motifs is 1. The number of carbonyl (C=O) groups is 1. The third-order valence-electron chi connectivity index (χ3n) is 5.14. The van der Waals surface area contributed by atoms with Crippen LogP contribution < -0.4 is 9.47 Å². The smallest absolute Gasteiger partial charge is 0.251 e. The molecule has 1 saturated heterocycles. The molecule has 1 aromatic rings.